The highest BCUT2D eigenvalue weighted by Crippen LogP contribution is 2.19. The number of rotatable bonds is 2. The molecule has 0 amide bonds. The number of nitrogens with two attached hydrogens (primary N) is 1. The van der Waals surface area contributed by atoms with E-state index in [2.05, 4.69) is 11.9 Å². The minimum atomic E-state index is 0.905. The van der Waals surface area contributed by atoms with E-state index < -0.39 is 0 Å². The van der Waals surface area contributed by atoms with Crippen LogP contribution in [0.4, 0.5) is 0 Å². The first-order valence-electron chi connectivity index (χ1n) is 3.30. The van der Waals surface area contributed by atoms with Crippen molar-refractivity contribution in [2.45, 2.75) is 6.42 Å². The maximum absolute atomic E-state index is 5.44. The molecule has 1 aliphatic heterocycles. The Morgan fingerprint density at radius 1 is 1.70 bits per heavy atom. The second-order valence-corrected chi connectivity index (χ2v) is 2.93. The lowest BCUT2D eigenvalue weighted by Crippen LogP contribution is -2.24. The van der Waals surface area contributed by atoms with Crippen LogP contribution in [0.2, 0.25) is 0 Å². The fraction of sp³-hybridized carbons (Fsp3) is 0.429. The van der Waals surface area contributed by atoms with Crippen molar-refractivity contribution in [3.05, 3.63) is 23.1 Å². The van der Waals surface area contributed by atoms with Gasteiger partial charge in [0.1, 0.15) is 0 Å². The van der Waals surface area contributed by atoms with Crippen molar-refractivity contribution in [3.63, 3.8) is 0 Å². The first-order valence-corrected chi connectivity index (χ1v) is 4.18. The largest absolute Gasteiger partial charge is 0.312 e. The Bertz CT molecular complexity index is 163. The molecule has 2 nitrogen and oxygen atoms in total. The van der Waals surface area contributed by atoms with E-state index in [9.17, 15) is 0 Å². The summed E-state index contributed by atoms with van der Waals surface area (Å²) in [6.07, 6.45) is 2.96. The Hall–Kier alpha value is -0.250. The van der Waals surface area contributed by atoms with Crippen molar-refractivity contribution in [3.8, 4) is 0 Å². The van der Waals surface area contributed by atoms with Crippen LogP contribution in [0.25, 0.3) is 0 Å². The molecule has 0 aromatic rings. The van der Waals surface area contributed by atoms with Crippen LogP contribution < -0.4 is 10.5 Å². The van der Waals surface area contributed by atoms with Gasteiger partial charge in [-0.15, -0.1) is 0 Å². The molecule has 1 heterocycles. The molecule has 0 aliphatic carbocycles. The lowest BCUT2D eigenvalue weighted by Gasteiger charge is -2.16. The molecule has 3 heteroatoms. The summed E-state index contributed by atoms with van der Waals surface area (Å²) in [5.41, 5.74) is 1.30. The summed E-state index contributed by atoms with van der Waals surface area (Å²) in [6.45, 7) is 5.68. The molecule has 0 spiro atoms. The van der Waals surface area contributed by atoms with Crippen LogP contribution in [0.1, 0.15) is 6.42 Å². The third-order valence-corrected chi connectivity index (χ3v) is 2.29. The Kier molecular flexibility index (Phi) is 2.99. The van der Waals surface area contributed by atoms with Gasteiger partial charge in [-0.1, -0.05) is 24.6 Å². The van der Waals surface area contributed by atoms with Crippen LogP contribution in [-0.4, -0.2) is 13.1 Å². The fourth-order valence-corrected chi connectivity index (χ4v) is 1.53. The zero-order valence-corrected chi connectivity index (χ0v) is 6.71. The number of hydrogen-bond donors (Lipinski definition) is 2. The molecule has 0 atom stereocenters. The average molecular weight is 156 g/mol. The molecule has 3 N–H and O–H groups in total. The van der Waals surface area contributed by atoms with Gasteiger partial charge in [0, 0.05) is 11.4 Å². The quantitative estimate of drug-likeness (QED) is 0.586. The molecule has 0 radical (unpaired) electrons. The van der Waals surface area contributed by atoms with E-state index >= 15 is 0 Å². The van der Waals surface area contributed by atoms with E-state index in [4.69, 9.17) is 5.14 Å². The Morgan fingerprint density at radius 3 is 3.00 bits per heavy atom. The molecule has 1 rings (SSSR count). The van der Waals surface area contributed by atoms with Crippen molar-refractivity contribution in [1.82, 2.24) is 5.32 Å². The lowest BCUT2D eigenvalue weighted by atomic mass is 10.1. The van der Waals surface area contributed by atoms with Crippen molar-refractivity contribution in [1.29, 1.82) is 0 Å². The molecular weight excluding hydrogens is 144 g/mol. The second-order valence-electron chi connectivity index (χ2n) is 2.20. The van der Waals surface area contributed by atoms with Crippen molar-refractivity contribution >= 4 is 11.9 Å². The molecule has 1 aliphatic rings. The standard InChI is InChI=1S/C7H12N2S/c1-2-6-3-4-9-5-7(6)10-8/h2,9H,1,3-5,8H2. The van der Waals surface area contributed by atoms with Crippen LogP contribution in [0.5, 0.6) is 0 Å². The van der Waals surface area contributed by atoms with Gasteiger partial charge in [0.25, 0.3) is 0 Å². The van der Waals surface area contributed by atoms with E-state index in [1.807, 2.05) is 6.08 Å². The molecule has 0 saturated heterocycles. The Labute approximate surface area is 65.7 Å². The molecule has 0 unspecified atom stereocenters. The minimum Gasteiger partial charge on any atom is -0.312 e. The monoisotopic (exact) mass is 156 g/mol. The SMILES string of the molecule is C=CC1=C(SN)CNCC1. The van der Waals surface area contributed by atoms with E-state index in [0.29, 0.717) is 0 Å². The zero-order valence-electron chi connectivity index (χ0n) is 5.89. The maximum atomic E-state index is 5.44. The van der Waals surface area contributed by atoms with Gasteiger partial charge in [-0.25, -0.2) is 0 Å². The zero-order chi connectivity index (χ0) is 7.40. The first kappa shape index (κ1) is 7.85. The first-order chi connectivity index (χ1) is 4.88. The van der Waals surface area contributed by atoms with Crippen LogP contribution >= 0.6 is 11.9 Å². The van der Waals surface area contributed by atoms with Gasteiger partial charge in [0.05, 0.1) is 0 Å². The van der Waals surface area contributed by atoms with Crippen molar-refractivity contribution in [2.24, 2.45) is 5.14 Å². The summed E-state index contributed by atoms with van der Waals surface area (Å²) >= 11 is 1.32. The second kappa shape index (κ2) is 3.81. The smallest absolute Gasteiger partial charge is 0.0281 e. The molecular formula is C7H12N2S. The number of nitrogens with one attached hydrogen (secondary N) is 1. The van der Waals surface area contributed by atoms with E-state index in [-0.39, 0.29) is 0 Å². The van der Waals surface area contributed by atoms with Gasteiger partial charge in [-0.05, 0) is 18.5 Å². The summed E-state index contributed by atoms with van der Waals surface area (Å²) in [7, 11) is 0. The predicted molar refractivity (Wildman–Crippen MR) is 46.5 cm³/mol. The van der Waals surface area contributed by atoms with E-state index in [1.54, 1.807) is 0 Å². The molecule has 0 saturated carbocycles. The summed E-state index contributed by atoms with van der Waals surface area (Å²) in [5.74, 6) is 0. The summed E-state index contributed by atoms with van der Waals surface area (Å²) < 4.78 is 0. The van der Waals surface area contributed by atoms with Crippen LogP contribution in [0.3, 0.4) is 0 Å². The van der Waals surface area contributed by atoms with Gasteiger partial charge < -0.3 is 5.32 Å². The highest BCUT2D eigenvalue weighted by Gasteiger charge is 2.07. The molecule has 0 aromatic carbocycles. The van der Waals surface area contributed by atoms with Crippen LogP contribution in [0.15, 0.2) is 23.1 Å². The lowest BCUT2D eigenvalue weighted by molar-refractivity contribution is 0.706. The highest BCUT2D eigenvalue weighted by atomic mass is 32.2. The average Bonchev–Trinajstić information content (AvgIpc) is 2.04. The molecule has 0 aromatic heterocycles. The molecule has 0 fully saturated rings. The molecule has 56 valence electrons. The number of hydrogen-bond acceptors (Lipinski definition) is 3. The van der Waals surface area contributed by atoms with Gasteiger partial charge in [0.2, 0.25) is 0 Å². The number of allylic oxidation sites excluding steroid dienone is 1. The van der Waals surface area contributed by atoms with Gasteiger partial charge >= 0.3 is 0 Å². The molecule has 10 heavy (non-hydrogen) atoms. The van der Waals surface area contributed by atoms with Gasteiger partial charge in [-0.3, -0.25) is 5.14 Å². The summed E-state index contributed by atoms with van der Waals surface area (Å²) in [4.78, 5) is 1.22. The van der Waals surface area contributed by atoms with Crippen molar-refractivity contribution in [2.75, 3.05) is 13.1 Å². The van der Waals surface area contributed by atoms with Gasteiger partial charge in [-0.2, -0.15) is 0 Å². The maximum Gasteiger partial charge on any atom is 0.0281 e. The summed E-state index contributed by atoms with van der Waals surface area (Å²) in [5, 5.41) is 8.68. The third-order valence-electron chi connectivity index (χ3n) is 1.60. The van der Waals surface area contributed by atoms with Crippen molar-refractivity contribution < 1.29 is 0 Å². The minimum absolute atomic E-state index is 0.905. The predicted octanol–water partition coefficient (Wildman–Crippen LogP) is 1.03. The van der Waals surface area contributed by atoms with Gasteiger partial charge in [0.15, 0.2) is 0 Å². The highest BCUT2D eigenvalue weighted by molar-refractivity contribution is 8.01. The topological polar surface area (TPSA) is 38.0 Å². The normalized spacial score (nSPS) is 19.3. The van der Waals surface area contributed by atoms with E-state index in [1.165, 1.54) is 22.4 Å². The Balaban J connectivity index is 2.72. The third kappa shape index (κ3) is 1.62. The van der Waals surface area contributed by atoms with Crippen LogP contribution in [0, 0.1) is 0 Å². The summed E-state index contributed by atoms with van der Waals surface area (Å²) in [6, 6.07) is 0. The van der Waals surface area contributed by atoms with E-state index in [0.717, 1.165) is 19.5 Å². The van der Waals surface area contributed by atoms with Crippen LogP contribution in [-0.2, 0) is 0 Å². The molecule has 0 bridgehead atoms. The fourth-order valence-electron chi connectivity index (χ4n) is 1.01. The Morgan fingerprint density at radius 2 is 2.50 bits per heavy atom.